The van der Waals surface area contributed by atoms with Gasteiger partial charge in [0.2, 0.25) is 0 Å². The van der Waals surface area contributed by atoms with Crippen molar-refractivity contribution in [2.45, 2.75) is 32.4 Å². The first-order valence-electron chi connectivity index (χ1n) is 5.91. The van der Waals surface area contributed by atoms with Crippen LogP contribution >= 0.6 is 0 Å². The van der Waals surface area contributed by atoms with Gasteiger partial charge >= 0.3 is 0 Å². The topological polar surface area (TPSA) is 56.7 Å². The molecule has 0 saturated heterocycles. The van der Waals surface area contributed by atoms with E-state index in [0.29, 0.717) is 0 Å². The zero-order chi connectivity index (χ0) is 12.3. The first-order chi connectivity index (χ1) is 8.24. The van der Waals surface area contributed by atoms with Crippen LogP contribution in [0.25, 0.3) is 0 Å². The highest BCUT2D eigenvalue weighted by molar-refractivity contribution is 5.18. The summed E-state index contributed by atoms with van der Waals surface area (Å²) in [5.74, 6) is 1.05. The Kier molecular flexibility index (Phi) is 3.54. The minimum Gasteiger partial charge on any atom is -0.326 e. The molecule has 2 atom stereocenters. The number of pyridine rings is 1. The lowest BCUT2D eigenvalue weighted by atomic mass is 10.0. The first kappa shape index (κ1) is 11.8. The number of aryl methyl sites for hydroxylation is 1. The Balaban J connectivity index is 2.43. The van der Waals surface area contributed by atoms with E-state index in [4.69, 9.17) is 5.73 Å². The lowest BCUT2D eigenvalue weighted by molar-refractivity contribution is 0.480. The van der Waals surface area contributed by atoms with Crippen molar-refractivity contribution in [1.29, 1.82) is 0 Å². The van der Waals surface area contributed by atoms with Crippen molar-refractivity contribution in [2.24, 2.45) is 5.73 Å². The molecule has 0 spiro atoms. The van der Waals surface area contributed by atoms with Gasteiger partial charge in [-0.3, -0.25) is 4.98 Å². The minimum atomic E-state index is 0.0127. The Morgan fingerprint density at radius 3 is 2.82 bits per heavy atom. The summed E-state index contributed by atoms with van der Waals surface area (Å²) in [7, 11) is 0. The van der Waals surface area contributed by atoms with Crippen LogP contribution in [0.1, 0.15) is 31.3 Å². The second kappa shape index (κ2) is 5.10. The van der Waals surface area contributed by atoms with Gasteiger partial charge in [0, 0.05) is 37.3 Å². The van der Waals surface area contributed by atoms with Crippen molar-refractivity contribution < 1.29 is 0 Å². The normalized spacial score (nSPS) is 14.5. The van der Waals surface area contributed by atoms with E-state index in [2.05, 4.69) is 27.5 Å². The van der Waals surface area contributed by atoms with Crippen LogP contribution in [0.15, 0.2) is 36.9 Å². The fourth-order valence-electron chi connectivity index (χ4n) is 2.14. The van der Waals surface area contributed by atoms with Crippen molar-refractivity contribution in [1.82, 2.24) is 14.5 Å². The highest BCUT2D eigenvalue weighted by atomic mass is 15.1. The van der Waals surface area contributed by atoms with Gasteiger partial charge in [0.1, 0.15) is 5.82 Å². The van der Waals surface area contributed by atoms with Gasteiger partial charge in [-0.25, -0.2) is 4.98 Å². The van der Waals surface area contributed by atoms with Crippen LogP contribution in [0.3, 0.4) is 0 Å². The number of aromatic nitrogens is 3. The Hall–Kier alpha value is -1.68. The van der Waals surface area contributed by atoms with E-state index < -0.39 is 0 Å². The lowest BCUT2D eigenvalue weighted by Gasteiger charge is -2.24. The maximum atomic E-state index is 6.11. The maximum Gasteiger partial charge on any atom is 0.108 e. The number of imidazole rings is 1. The summed E-state index contributed by atoms with van der Waals surface area (Å²) in [6, 6.07) is 4.10. The molecule has 90 valence electrons. The quantitative estimate of drug-likeness (QED) is 0.871. The predicted octanol–water partition coefficient (Wildman–Crippen LogP) is 1.78. The zero-order valence-electron chi connectivity index (χ0n) is 10.2. The third-order valence-electron chi connectivity index (χ3n) is 2.89. The van der Waals surface area contributed by atoms with Crippen molar-refractivity contribution in [3.8, 4) is 0 Å². The SMILES string of the molecule is CCc1nccn1C(c1cccnc1)C(C)N. The third-order valence-corrected chi connectivity index (χ3v) is 2.89. The van der Waals surface area contributed by atoms with Gasteiger partial charge in [0.05, 0.1) is 6.04 Å². The van der Waals surface area contributed by atoms with Crippen LogP contribution < -0.4 is 5.73 Å². The summed E-state index contributed by atoms with van der Waals surface area (Å²) in [4.78, 5) is 8.51. The number of hydrogen-bond donors (Lipinski definition) is 1. The molecule has 0 aliphatic heterocycles. The Bertz CT molecular complexity index is 461. The number of nitrogens with zero attached hydrogens (tertiary/aromatic N) is 3. The van der Waals surface area contributed by atoms with Crippen LogP contribution in [0.4, 0.5) is 0 Å². The Labute approximate surface area is 102 Å². The highest BCUT2D eigenvalue weighted by Gasteiger charge is 2.20. The molecule has 17 heavy (non-hydrogen) atoms. The summed E-state index contributed by atoms with van der Waals surface area (Å²) in [6.07, 6.45) is 8.35. The predicted molar refractivity (Wildman–Crippen MR) is 67.6 cm³/mol. The van der Waals surface area contributed by atoms with Crippen LogP contribution in [0.2, 0.25) is 0 Å². The largest absolute Gasteiger partial charge is 0.326 e. The fraction of sp³-hybridized carbons (Fsp3) is 0.385. The molecule has 4 nitrogen and oxygen atoms in total. The fourth-order valence-corrected chi connectivity index (χ4v) is 2.14. The smallest absolute Gasteiger partial charge is 0.108 e. The molecule has 0 bridgehead atoms. The van der Waals surface area contributed by atoms with Crippen molar-refractivity contribution >= 4 is 0 Å². The molecule has 4 heteroatoms. The summed E-state index contributed by atoms with van der Waals surface area (Å²) >= 11 is 0. The monoisotopic (exact) mass is 230 g/mol. The lowest BCUT2D eigenvalue weighted by Crippen LogP contribution is -2.31. The molecule has 0 saturated carbocycles. The van der Waals surface area contributed by atoms with Crippen molar-refractivity contribution in [2.75, 3.05) is 0 Å². The van der Waals surface area contributed by atoms with Gasteiger partial charge in [0.25, 0.3) is 0 Å². The van der Waals surface area contributed by atoms with Crippen LogP contribution in [0.5, 0.6) is 0 Å². The van der Waals surface area contributed by atoms with E-state index >= 15 is 0 Å². The number of hydrogen-bond acceptors (Lipinski definition) is 3. The summed E-state index contributed by atoms with van der Waals surface area (Å²) in [5.41, 5.74) is 7.23. The van der Waals surface area contributed by atoms with Crippen LogP contribution in [-0.2, 0) is 6.42 Å². The molecule has 2 N–H and O–H groups in total. The average Bonchev–Trinajstić information content (AvgIpc) is 2.78. The van der Waals surface area contributed by atoms with E-state index in [1.165, 1.54) is 0 Å². The Morgan fingerprint density at radius 2 is 2.24 bits per heavy atom. The van der Waals surface area contributed by atoms with E-state index in [9.17, 15) is 0 Å². The summed E-state index contributed by atoms with van der Waals surface area (Å²) < 4.78 is 2.14. The highest BCUT2D eigenvalue weighted by Crippen LogP contribution is 2.22. The zero-order valence-corrected chi connectivity index (χ0v) is 10.2. The molecule has 0 fully saturated rings. The molecule has 0 aliphatic rings. The number of nitrogens with two attached hydrogens (primary N) is 1. The molecular weight excluding hydrogens is 212 g/mol. The molecule has 0 aromatic carbocycles. The second-order valence-corrected chi connectivity index (χ2v) is 4.19. The molecule has 2 heterocycles. The molecule has 2 unspecified atom stereocenters. The maximum absolute atomic E-state index is 6.11. The van der Waals surface area contributed by atoms with E-state index in [1.807, 2.05) is 31.6 Å². The number of rotatable bonds is 4. The van der Waals surface area contributed by atoms with Gasteiger partial charge < -0.3 is 10.3 Å². The third kappa shape index (κ3) is 2.36. The minimum absolute atomic E-state index is 0.0127. The first-order valence-corrected chi connectivity index (χ1v) is 5.91. The average molecular weight is 230 g/mol. The van der Waals surface area contributed by atoms with Crippen molar-refractivity contribution in [3.63, 3.8) is 0 Å². The summed E-state index contributed by atoms with van der Waals surface area (Å²) in [6.45, 7) is 4.11. The van der Waals surface area contributed by atoms with Crippen molar-refractivity contribution in [3.05, 3.63) is 48.3 Å². The molecule has 0 aliphatic carbocycles. The van der Waals surface area contributed by atoms with Crippen LogP contribution in [0, 0.1) is 0 Å². The van der Waals surface area contributed by atoms with Gasteiger partial charge in [-0.15, -0.1) is 0 Å². The van der Waals surface area contributed by atoms with Gasteiger partial charge in [-0.2, -0.15) is 0 Å². The van der Waals surface area contributed by atoms with E-state index in [0.717, 1.165) is 17.8 Å². The van der Waals surface area contributed by atoms with Gasteiger partial charge in [-0.05, 0) is 18.6 Å². The van der Waals surface area contributed by atoms with Crippen LogP contribution in [-0.4, -0.2) is 20.6 Å². The Morgan fingerprint density at radius 1 is 1.41 bits per heavy atom. The van der Waals surface area contributed by atoms with Gasteiger partial charge in [-0.1, -0.05) is 13.0 Å². The molecule has 2 aromatic heterocycles. The second-order valence-electron chi connectivity index (χ2n) is 4.19. The summed E-state index contributed by atoms with van der Waals surface area (Å²) in [5, 5.41) is 0. The van der Waals surface area contributed by atoms with E-state index in [1.54, 1.807) is 6.20 Å². The standard InChI is InChI=1S/C13H18N4/c1-3-12-16-7-8-17(12)13(10(2)14)11-5-4-6-15-9-11/h4-10,13H,3,14H2,1-2H3. The molecular formula is C13H18N4. The molecule has 2 aromatic rings. The molecule has 0 radical (unpaired) electrons. The molecule has 2 rings (SSSR count). The van der Waals surface area contributed by atoms with E-state index in [-0.39, 0.29) is 12.1 Å². The van der Waals surface area contributed by atoms with Gasteiger partial charge in [0.15, 0.2) is 0 Å². The molecule has 0 amide bonds.